The Balaban J connectivity index is 1.83. The van der Waals surface area contributed by atoms with Crippen LogP contribution in [0.25, 0.3) is 22.3 Å². The zero-order valence-corrected chi connectivity index (χ0v) is 14.7. The van der Waals surface area contributed by atoms with Gasteiger partial charge in [-0.15, -0.1) is 13.2 Å². The average Bonchev–Trinajstić information content (AvgIpc) is 2.64. The van der Waals surface area contributed by atoms with Crippen LogP contribution in [-0.2, 0) is 0 Å². The summed E-state index contributed by atoms with van der Waals surface area (Å²) in [5.41, 5.74) is 2.21. The van der Waals surface area contributed by atoms with Crippen molar-refractivity contribution in [2.45, 2.75) is 11.3 Å². The number of ether oxygens (including phenoxy) is 1. The van der Waals surface area contributed by atoms with Crippen LogP contribution in [0.15, 0.2) is 65.6 Å². The Hall–Kier alpha value is -3.05. The number of thiocyanates is 1. The van der Waals surface area contributed by atoms with E-state index >= 15 is 0 Å². The van der Waals surface area contributed by atoms with Gasteiger partial charge in [-0.1, -0.05) is 36.4 Å². The van der Waals surface area contributed by atoms with Gasteiger partial charge in [0.05, 0.1) is 4.90 Å². The van der Waals surface area contributed by atoms with E-state index in [1.807, 2.05) is 0 Å². The fraction of sp³-hybridized carbons (Fsp3) is 0.0500. The number of hydrogen-bond donors (Lipinski definition) is 0. The molecular weight excluding hydrogens is 397 g/mol. The fourth-order valence-electron chi connectivity index (χ4n) is 2.57. The molecule has 0 radical (unpaired) electrons. The normalized spacial score (nSPS) is 11.1. The predicted octanol–water partition coefficient (Wildman–Crippen LogP) is 6.77. The van der Waals surface area contributed by atoms with E-state index < -0.39 is 18.0 Å². The zero-order valence-electron chi connectivity index (χ0n) is 13.9. The van der Waals surface area contributed by atoms with E-state index in [4.69, 9.17) is 5.26 Å². The van der Waals surface area contributed by atoms with E-state index in [0.29, 0.717) is 34.0 Å². The number of thioether (sulfide) groups is 1. The number of rotatable bonds is 4. The van der Waals surface area contributed by atoms with Gasteiger partial charge in [-0.3, -0.25) is 0 Å². The lowest BCUT2D eigenvalue weighted by Crippen LogP contribution is -2.16. The summed E-state index contributed by atoms with van der Waals surface area (Å²) in [6.07, 6.45) is -4.75. The van der Waals surface area contributed by atoms with E-state index in [-0.39, 0.29) is 10.6 Å². The number of nitriles is 1. The number of nitrogens with zero attached hydrogens (tertiary/aromatic N) is 1. The van der Waals surface area contributed by atoms with Crippen LogP contribution in [-0.4, -0.2) is 6.36 Å². The first kappa shape index (κ1) is 19.7. The SMILES string of the molecule is N#CSc1c(F)cc(-c2ccc(-c3ccc(OC(F)(F)F)cc3)cc2)cc1F. The second kappa shape index (κ2) is 7.90. The summed E-state index contributed by atoms with van der Waals surface area (Å²) in [4.78, 5) is -0.357. The van der Waals surface area contributed by atoms with Crippen LogP contribution in [0.5, 0.6) is 5.75 Å². The molecule has 0 atom stereocenters. The maximum Gasteiger partial charge on any atom is 0.573 e. The van der Waals surface area contributed by atoms with E-state index in [1.54, 1.807) is 29.7 Å². The number of halogens is 5. The van der Waals surface area contributed by atoms with Crippen LogP contribution in [0.3, 0.4) is 0 Å². The summed E-state index contributed by atoms with van der Waals surface area (Å²) in [5, 5.41) is 10.2. The van der Waals surface area contributed by atoms with Crippen molar-refractivity contribution in [3.8, 4) is 33.4 Å². The smallest absolute Gasteiger partial charge is 0.406 e. The average molecular weight is 407 g/mol. The number of alkyl halides is 3. The van der Waals surface area contributed by atoms with E-state index in [0.717, 1.165) is 12.1 Å². The van der Waals surface area contributed by atoms with Gasteiger partial charge in [-0.05, 0) is 58.3 Å². The van der Waals surface area contributed by atoms with Gasteiger partial charge in [0.15, 0.2) is 0 Å². The maximum absolute atomic E-state index is 14.0. The van der Waals surface area contributed by atoms with E-state index in [1.165, 1.54) is 24.3 Å². The van der Waals surface area contributed by atoms with E-state index in [2.05, 4.69) is 4.74 Å². The molecule has 0 unspecified atom stereocenters. The second-order valence-electron chi connectivity index (χ2n) is 5.61. The van der Waals surface area contributed by atoms with Gasteiger partial charge in [0.2, 0.25) is 0 Å². The molecule has 8 heteroatoms. The third-order valence-corrected chi connectivity index (χ3v) is 4.47. The van der Waals surface area contributed by atoms with Crippen molar-refractivity contribution in [2.75, 3.05) is 0 Å². The first-order valence-corrected chi connectivity index (χ1v) is 8.60. The van der Waals surface area contributed by atoms with Gasteiger partial charge in [0.25, 0.3) is 0 Å². The van der Waals surface area contributed by atoms with Crippen LogP contribution in [0.4, 0.5) is 22.0 Å². The Morgan fingerprint density at radius 3 is 1.61 bits per heavy atom. The van der Waals surface area contributed by atoms with Crippen LogP contribution < -0.4 is 4.74 Å². The molecule has 0 N–H and O–H groups in total. The highest BCUT2D eigenvalue weighted by Gasteiger charge is 2.30. The molecule has 3 aromatic carbocycles. The first-order chi connectivity index (χ1) is 13.3. The van der Waals surface area contributed by atoms with Gasteiger partial charge in [-0.25, -0.2) is 8.78 Å². The van der Waals surface area contributed by atoms with Crippen LogP contribution in [0, 0.1) is 22.3 Å². The Labute approximate surface area is 161 Å². The van der Waals surface area contributed by atoms with Crippen molar-refractivity contribution < 1.29 is 26.7 Å². The molecule has 3 rings (SSSR count). The number of benzene rings is 3. The highest BCUT2D eigenvalue weighted by Crippen LogP contribution is 2.32. The summed E-state index contributed by atoms with van der Waals surface area (Å²) in [7, 11) is 0. The molecule has 0 saturated heterocycles. The minimum atomic E-state index is -4.75. The highest BCUT2D eigenvalue weighted by atomic mass is 32.2. The summed E-state index contributed by atoms with van der Waals surface area (Å²) in [6, 6.07) is 14.3. The molecule has 0 aliphatic carbocycles. The molecule has 0 aliphatic rings. The van der Waals surface area contributed by atoms with Gasteiger partial charge in [-0.2, -0.15) is 5.26 Å². The standard InChI is InChI=1S/C20H10F5NOS/c21-17-9-15(10-18(22)19(17)28-11-26)14-3-1-12(2-4-14)13-5-7-16(8-6-13)27-20(23,24)25/h1-10H. The second-order valence-corrected chi connectivity index (χ2v) is 6.41. The Morgan fingerprint density at radius 2 is 1.18 bits per heavy atom. The van der Waals surface area contributed by atoms with Crippen molar-refractivity contribution in [3.05, 3.63) is 72.3 Å². The first-order valence-electron chi connectivity index (χ1n) is 7.78. The molecule has 28 heavy (non-hydrogen) atoms. The van der Waals surface area contributed by atoms with Crippen molar-refractivity contribution >= 4 is 11.8 Å². The Kier molecular flexibility index (Phi) is 5.56. The quantitative estimate of drug-likeness (QED) is 0.272. The lowest BCUT2D eigenvalue weighted by molar-refractivity contribution is -0.274. The van der Waals surface area contributed by atoms with Crippen LogP contribution in [0.2, 0.25) is 0 Å². The highest BCUT2D eigenvalue weighted by molar-refractivity contribution is 8.03. The summed E-state index contributed by atoms with van der Waals surface area (Å²) < 4.78 is 68.4. The summed E-state index contributed by atoms with van der Waals surface area (Å²) >= 11 is 0.411. The molecule has 0 amide bonds. The predicted molar refractivity (Wildman–Crippen MR) is 95.4 cm³/mol. The van der Waals surface area contributed by atoms with Crippen molar-refractivity contribution in [1.29, 1.82) is 5.26 Å². The summed E-state index contributed by atoms with van der Waals surface area (Å²) in [5.74, 6) is -1.98. The van der Waals surface area contributed by atoms with Crippen LogP contribution in [0.1, 0.15) is 0 Å². The van der Waals surface area contributed by atoms with Crippen molar-refractivity contribution in [2.24, 2.45) is 0 Å². The largest absolute Gasteiger partial charge is 0.573 e. The zero-order chi connectivity index (χ0) is 20.3. The van der Waals surface area contributed by atoms with Crippen LogP contribution >= 0.6 is 11.8 Å². The minimum Gasteiger partial charge on any atom is -0.406 e. The molecule has 0 saturated carbocycles. The molecule has 0 spiro atoms. The molecule has 0 aromatic heterocycles. The molecule has 0 bridgehead atoms. The maximum atomic E-state index is 14.0. The Morgan fingerprint density at radius 1 is 0.750 bits per heavy atom. The molecule has 2 nitrogen and oxygen atoms in total. The molecule has 0 fully saturated rings. The van der Waals surface area contributed by atoms with Crippen molar-refractivity contribution in [3.63, 3.8) is 0 Å². The van der Waals surface area contributed by atoms with Gasteiger partial charge >= 0.3 is 6.36 Å². The number of hydrogen-bond acceptors (Lipinski definition) is 3. The third-order valence-electron chi connectivity index (χ3n) is 3.79. The fourth-order valence-corrected chi connectivity index (χ4v) is 2.98. The van der Waals surface area contributed by atoms with Gasteiger partial charge in [0, 0.05) is 0 Å². The lowest BCUT2D eigenvalue weighted by Gasteiger charge is -2.10. The third kappa shape index (κ3) is 4.61. The summed E-state index contributed by atoms with van der Waals surface area (Å²) in [6.45, 7) is 0. The molecule has 0 aliphatic heterocycles. The minimum absolute atomic E-state index is 0.303. The monoisotopic (exact) mass is 407 g/mol. The van der Waals surface area contributed by atoms with Crippen molar-refractivity contribution in [1.82, 2.24) is 0 Å². The lowest BCUT2D eigenvalue weighted by atomic mass is 10.00. The molecule has 142 valence electrons. The molecular formula is C20H10F5NOS. The van der Waals surface area contributed by atoms with E-state index in [9.17, 15) is 22.0 Å². The van der Waals surface area contributed by atoms with Gasteiger partial charge in [0.1, 0.15) is 22.8 Å². The Bertz CT molecular complexity index is 1000. The van der Waals surface area contributed by atoms with Gasteiger partial charge < -0.3 is 4.74 Å². The molecule has 3 aromatic rings. The topological polar surface area (TPSA) is 33.0 Å². The molecule has 0 heterocycles.